The predicted molar refractivity (Wildman–Crippen MR) is 145 cm³/mol. The Labute approximate surface area is 219 Å². The molecule has 0 heterocycles. The maximum atomic E-state index is 13.5. The van der Waals surface area contributed by atoms with Crippen molar-refractivity contribution in [1.82, 2.24) is 16.0 Å². The SMILES string of the molecule is NCCCCC(NC(=O)NCCC1(C(=O)NCc2ccccc2-c2ccccc2)CCCCC1)C(=O)O. The molecule has 0 radical (unpaired) electrons. The van der Waals surface area contributed by atoms with Crippen LogP contribution in [-0.2, 0) is 16.1 Å². The number of aliphatic carboxylic acids is 1. The Kier molecular flexibility index (Phi) is 11.0. The Balaban J connectivity index is 1.58. The molecule has 1 fully saturated rings. The van der Waals surface area contributed by atoms with Gasteiger partial charge in [-0.05, 0) is 61.8 Å². The summed E-state index contributed by atoms with van der Waals surface area (Å²) in [5, 5.41) is 17.9. The first-order chi connectivity index (χ1) is 17.9. The molecule has 0 spiro atoms. The maximum Gasteiger partial charge on any atom is 0.326 e. The minimum absolute atomic E-state index is 0.0162. The molecule has 3 rings (SSSR count). The van der Waals surface area contributed by atoms with Gasteiger partial charge in [0.05, 0.1) is 5.41 Å². The van der Waals surface area contributed by atoms with Gasteiger partial charge in [-0.3, -0.25) is 4.79 Å². The lowest BCUT2D eigenvalue weighted by Gasteiger charge is -2.36. The van der Waals surface area contributed by atoms with Crippen molar-refractivity contribution in [2.75, 3.05) is 13.1 Å². The zero-order chi connectivity index (χ0) is 26.5. The largest absolute Gasteiger partial charge is 0.480 e. The van der Waals surface area contributed by atoms with Gasteiger partial charge < -0.3 is 26.8 Å². The topological polar surface area (TPSA) is 134 Å². The third kappa shape index (κ3) is 8.32. The monoisotopic (exact) mass is 508 g/mol. The molecule has 1 unspecified atom stereocenters. The van der Waals surface area contributed by atoms with Gasteiger partial charge >= 0.3 is 12.0 Å². The molecular weight excluding hydrogens is 468 g/mol. The number of carbonyl (C=O) groups excluding carboxylic acids is 2. The molecule has 1 saturated carbocycles. The smallest absolute Gasteiger partial charge is 0.326 e. The molecule has 3 amide bonds. The van der Waals surface area contributed by atoms with Gasteiger partial charge in [0.2, 0.25) is 5.91 Å². The Morgan fingerprint density at radius 3 is 2.32 bits per heavy atom. The van der Waals surface area contributed by atoms with Crippen molar-refractivity contribution in [1.29, 1.82) is 0 Å². The second-order valence-electron chi connectivity index (χ2n) is 9.87. The van der Waals surface area contributed by atoms with Crippen LogP contribution >= 0.6 is 0 Å². The summed E-state index contributed by atoms with van der Waals surface area (Å²) < 4.78 is 0. The standard InChI is InChI=1S/C29H40N4O4/c30-19-10-7-15-25(26(34)35)33-28(37)31-20-18-29(16-8-2-9-17-29)27(36)32-21-23-13-5-6-14-24(23)22-11-3-1-4-12-22/h1,3-6,11-14,25H,2,7-10,15-21,30H2,(H,32,36)(H,34,35)(H2,31,33,37). The molecule has 37 heavy (non-hydrogen) atoms. The Morgan fingerprint density at radius 1 is 0.919 bits per heavy atom. The third-order valence-electron chi connectivity index (χ3n) is 7.27. The number of hydrogen-bond acceptors (Lipinski definition) is 4. The number of carboxylic acids is 1. The number of unbranched alkanes of at least 4 members (excludes halogenated alkanes) is 1. The molecule has 0 aromatic heterocycles. The average molecular weight is 509 g/mol. The lowest BCUT2D eigenvalue weighted by atomic mass is 9.71. The molecule has 1 aliphatic carbocycles. The summed E-state index contributed by atoms with van der Waals surface area (Å²) in [4.78, 5) is 37.3. The van der Waals surface area contributed by atoms with Crippen molar-refractivity contribution in [3.8, 4) is 11.1 Å². The van der Waals surface area contributed by atoms with E-state index in [-0.39, 0.29) is 5.91 Å². The number of rotatable bonds is 13. The third-order valence-corrected chi connectivity index (χ3v) is 7.27. The summed E-state index contributed by atoms with van der Waals surface area (Å²) in [5.41, 5.74) is 8.19. The van der Waals surface area contributed by atoms with E-state index in [4.69, 9.17) is 5.73 Å². The van der Waals surface area contributed by atoms with Crippen molar-refractivity contribution >= 4 is 17.9 Å². The number of nitrogens with one attached hydrogen (secondary N) is 3. The van der Waals surface area contributed by atoms with Crippen LogP contribution in [0.3, 0.4) is 0 Å². The fourth-order valence-corrected chi connectivity index (χ4v) is 5.13. The average Bonchev–Trinajstić information content (AvgIpc) is 2.92. The van der Waals surface area contributed by atoms with E-state index in [0.29, 0.717) is 45.3 Å². The molecule has 8 heteroatoms. The number of amides is 3. The van der Waals surface area contributed by atoms with Crippen molar-refractivity contribution in [2.45, 2.75) is 70.4 Å². The van der Waals surface area contributed by atoms with Crippen LogP contribution < -0.4 is 21.7 Å². The Hall–Kier alpha value is -3.39. The van der Waals surface area contributed by atoms with E-state index < -0.39 is 23.5 Å². The molecule has 2 aromatic rings. The Bertz CT molecular complexity index is 1020. The van der Waals surface area contributed by atoms with E-state index in [9.17, 15) is 19.5 Å². The second-order valence-corrected chi connectivity index (χ2v) is 9.87. The van der Waals surface area contributed by atoms with E-state index in [1.165, 1.54) is 0 Å². The number of urea groups is 1. The highest BCUT2D eigenvalue weighted by atomic mass is 16.4. The molecule has 1 aliphatic rings. The van der Waals surface area contributed by atoms with Crippen LogP contribution in [0.4, 0.5) is 4.79 Å². The molecule has 1 atom stereocenters. The minimum Gasteiger partial charge on any atom is -0.480 e. The normalized spacial score (nSPS) is 15.4. The number of nitrogens with two attached hydrogens (primary N) is 1. The summed E-state index contributed by atoms with van der Waals surface area (Å²) in [5.74, 6) is -1.05. The summed E-state index contributed by atoms with van der Waals surface area (Å²) >= 11 is 0. The maximum absolute atomic E-state index is 13.5. The van der Waals surface area contributed by atoms with Gasteiger partial charge in [0.1, 0.15) is 6.04 Å². The molecule has 0 saturated heterocycles. The molecule has 0 aliphatic heterocycles. The van der Waals surface area contributed by atoms with Crippen LogP contribution in [0.2, 0.25) is 0 Å². The molecule has 2 aromatic carbocycles. The van der Waals surface area contributed by atoms with Crippen LogP contribution in [0.1, 0.15) is 63.4 Å². The Morgan fingerprint density at radius 2 is 1.62 bits per heavy atom. The van der Waals surface area contributed by atoms with E-state index >= 15 is 0 Å². The van der Waals surface area contributed by atoms with Gasteiger partial charge in [0, 0.05) is 13.1 Å². The highest BCUT2D eigenvalue weighted by molar-refractivity contribution is 5.84. The van der Waals surface area contributed by atoms with Crippen LogP contribution in [0, 0.1) is 5.41 Å². The van der Waals surface area contributed by atoms with Crippen molar-refractivity contribution in [2.24, 2.45) is 11.1 Å². The summed E-state index contributed by atoms with van der Waals surface area (Å²) in [6, 6.07) is 16.7. The van der Waals surface area contributed by atoms with Gasteiger partial charge in [-0.1, -0.05) is 73.9 Å². The van der Waals surface area contributed by atoms with Gasteiger partial charge in [0.25, 0.3) is 0 Å². The number of hydrogen-bond donors (Lipinski definition) is 5. The van der Waals surface area contributed by atoms with Crippen LogP contribution in [0.15, 0.2) is 54.6 Å². The molecule has 0 bridgehead atoms. The van der Waals surface area contributed by atoms with E-state index in [0.717, 1.165) is 48.8 Å². The summed E-state index contributed by atoms with van der Waals surface area (Å²) in [6.45, 7) is 1.22. The van der Waals surface area contributed by atoms with E-state index in [1.54, 1.807) is 0 Å². The predicted octanol–water partition coefficient (Wildman–Crippen LogP) is 4.19. The van der Waals surface area contributed by atoms with E-state index in [1.807, 2.05) is 36.4 Å². The molecule has 8 nitrogen and oxygen atoms in total. The van der Waals surface area contributed by atoms with Gasteiger partial charge in [-0.25, -0.2) is 9.59 Å². The summed E-state index contributed by atoms with van der Waals surface area (Å²) in [7, 11) is 0. The van der Waals surface area contributed by atoms with Crippen LogP contribution in [-0.4, -0.2) is 42.1 Å². The first-order valence-corrected chi connectivity index (χ1v) is 13.3. The molecule has 6 N–H and O–H groups in total. The van der Waals surface area contributed by atoms with Crippen LogP contribution in [0.25, 0.3) is 11.1 Å². The van der Waals surface area contributed by atoms with Crippen LogP contribution in [0.5, 0.6) is 0 Å². The number of benzene rings is 2. The van der Waals surface area contributed by atoms with Gasteiger partial charge in [0.15, 0.2) is 0 Å². The second kappa shape index (κ2) is 14.4. The first kappa shape index (κ1) is 28.2. The van der Waals surface area contributed by atoms with E-state index in [2.05, 4.69) is 34.1 Å². The fraction of sp³-hybridized carbons (Fsp3) is 0.483. The zero-order valence-electron chi connectivity index (χ0n) is 21.5. The highest BCUT2D eigenvalue weighted by Crippen LogP contribution is 2.39. The van der Waals surface area contributed by atoms with Gasteiger partial charge in [-0.2, -0.15) is 0 Å². The lowest BCUT2D eigenvalue weighted by molar-refractivity contribution is -0.139. The molecular formula is C29H40N4O4. The highest BCUT2D eigenvalue weighted by Gasteiger charge is 2.39. The minimum atomic E-state index is -1.06. The van der Waals surface area contributed by atoms with Crippen molar-refractivity contribution < 1.29 is 19.5 Å². The van der Waals surface area contributed by atoms with Gasteiger partial charge in [-0.15, -0.1) is 0 Å². The number of carboxylic acid groups (broad SMARTS) is 1. The summed E-state index contributed by atoms with van der Waals surface area (Å²) in [6.07, 6.45) is 6.78. The lowest BCUT2D eigenvalue weighted by Crippen LogP contribution is -2.48. The fourth-order valence-electron chi connectivity index (χ4n) is 5.13. The first-order valence-electron chi connectivity index (χ1n) is 13.3. The molecule has 200 valence electrons. The quantitative estimate of drug-likeness (QED) is 0.259. The zero-order valence-corrected chi connectivity index (χ0v) is 21.5. The number of carbonyl (C=O) groups is 3. The van der Waals surface area contributed by atoms with Crippen molar-refractivity contribution in [3.05, 3.63) is 60.2 Å². The van der Waals surface area contributed by atoms with Crippen molar-refractivity contribution in [3.63, 3.8) is 0 Å².